The summed E-state index contributed by atoms with van der Waals surface area (Å²) in [6.07, 6.45) is -1.19. The Bertz CT molecular complexity index is 1500. The highest BCUT2D eigenvalue weighted by molar-refractivity contribution is 6.24. The standard InChI is InChI=1S/C28H19F4N3O3/c29-17-8-10-19(11-9-17)35-26(37)21-22(27(35)38)24(34-13-12-15-4-1-2-7-20(15)23(21)34)25(36)33-18-6-3-5-16(14-18)28(30,31)32/h1-14,21-24H,(H,33,36)/t21-,22+,23+,24-/m0/s1. The highest BCUT2D eigenvalue weighted by atomic mass is 19.4. The molecule has 4 atom stereocenters. The van der Waals surface area contributed by atoms with Crippen LogP contribution in [0.15, 0.2) is 79.0 Å². The van der Waals surface area contributed by atoms with Gasteiger partial charge in [-0.1, -0.05) is 30.3 Å². The first-order valence-corrected chi connectivity index (χ1v) is 11.8. The van der Waals surface area contributed by atoms with Gasteiger partial charge in [0.25, 0.3) is 0 Å². The van der Waals surface area contributed by atoms with Crippen molar-refractivity contribution in [1.82, 2.24) is 4.90 Å². The minimum atomic E-state index is -4.60. The van der Waals surface area contributed by atoms with Crippen molar-refractivity contribution in [1.29, 1.82) is 0 Å². The average Bonchev–Trinajstić information content (AvgIpc) is 3.37. The van der Waals surface area contributed by atoms with E-state index >= 15 is 0 Å². The molecule has 192 valence electrons. The highest BCUT2D eigenvalue weighted by Gasteiger charge is 2.64. The zero-order valence-electron chi connectivity index (χ0n) is 19.5. The van der Waals surface area contributed by atoms with E-state index in [1.54, 1.807) is 23.2 Å². The summed E-state index contributed by atoms with van der Waals surface area (Å²) in [6, 6.07) is 14.6. The molecule has 3 aromatic carbocycles. The third-order valence-corrected chi connectivity index (χ3v) is 7.27. The zero-order chi connectivity index (χ0) is 26.8. The van der Waals surface area contributed by atoms with Gasteiger partial charge >= 0.3 is 6.18 Å². The maximum absolute atomic E-state index is 13.7. The van der Waals surface area contributed by atoms with Crippen LogP contribution < -0.4 is 10.2 Å². The predicted molar refractivity (Wildman–Crippen MR) is 130 cm³/mol. The Morgan fingerprint density at radius 1 is 0.868 bits per heavy atom. The largest absolute Gasteiger partial charge is 0.416 e. The van der Waals surface area contributed by atoms with Gasteiger partial charge in [-0.2, -0.15) is 13.2 Å². The molecule has 0 radical (unpaired) electrons. The summed E-state index contributed by atoms with van der Waals surface area (Å²) in [4.78, 5) is 43.7. The summed E-state index contributed by atoms with van der Waals surface area (Å²) in [6.45, 7) is 0. The van der Waals surface area contributed by atoms with Crippen LogP contribution in [0.1, 0.15) is 22.7 Å². The molecule has 6 nitrogen and oxygen atoms in total. The first-order chi connectivity index (χ1) is 18.1. The van der Waals surface area contributed by atoms with E-state index in [-0.39, 0.29) is 11.4 Å². The van der Waals surface area contributed by atoms with Crippen molar-refractivity contribution in [3.8, 4) is 0 Å². The van der Waals surface area contributed by atoms with Gasteiger partial charge in [-0.3, -0.25) is 14.4 Å². The molecule has 3 amide bonds. The molecule has 2 saturated heterocycles. The zero-order valence-corrected chi connectivity index (χ0v) is 19.5. The number of benzene rings is 3. The Balaban J connectivity index is 1.41. The van der Waals surface area contributed by atoms with Crippen LogP contribution in [0.5, 0.6) is 0 Å². The van der Waals surface area contributed by atoms with Crippen molar-refractivity contribution in [2.24, 2.45) is 11.8 Å². The number of imide groups is 1. The lowest BCUT2D eigenvalue weighted by Crippen LogP contribution is -2.46. The van der Waals surface area contributed by atoms with Crippen LogP contribution in [0.2, 0.25) is 0 Å². The Kier molecular flexibility index (Phi) is 5.37. The summed E-state index contributed by atoms with van der Waals surface area (Å²) in [5.41, 5.74) is 0.740. The third kappa shape index (κ3) is 3.67. The van der Waals surface area contributed by atoms with Crippen LogP contribution in [0.25, 0.3) is 6.08 Å². The number of carbonyl (C=O) groups excluding carboxylic acids is 3. The summed E-state index contributed by atoms with van der Waals surface area (Å²) in [5.74, 6) is -4.45. The van der Waals surface area contributed by atoms with Crippen LogP contribution in [0.4, 0.5) is 28.9 Å². The van der Waals surface area contributed by atoms with Gasteiger partial charge < -0.3 is 10.2 Å². The van der Waals surface area contributed by atoms with Gasteiger partial charge in [0.2, 0.25) is 17.7 Å². The minimum absolute atomic E-state index is 0.0848. The van der Waals surface area contributed by atoms with Crippen molar-refractivity contribution >= 4 is 35.2 Å². The second-order valence-electron chi connectivity index (χ2n) is 9.39. The molecule has 2 fully saturated rings. The molecule has 6 rings (SSSR count). The number of hydrogen-bond donors (Lipinski definition) is 1. The van der Waals surface area contributed by atoms with Crippen LogP contribution >= 0.6 is 0 Å². The number of anilines is 2. The van der Waals surface area contributed by atoms with Crippen LogP contribution in [-0.4, -0.2) is 28.7 Å². The molecule has 3 aliphatic rings. The van der Waals surface area contributed by atoms with E-state index in [0.29, 0.717) is 0 Å². The van der Waals surface area contributed by atoms with Gasteiger partial charge in [0.05, 0.1) is 29.1 Å². The van der Waals surface area contributed by atoms with Gasteiger partial charge in [-0.05, 0) is 59.7 Å². The number of alkyl halides is 3. The number of amides is 3. The average molecular weight is 521 g/mol. The Morgan fingerprint density at radius 3 is 2.32 bits per heavy atom. The summed E-state index contributed by atoms with van der Waals surface area (Å²) >= 11 is 0. The normalized spacial score (nSPS) is 23.8. The maximum Gasteiger partial charge on any atom is 0.416 e. The molecule has 3 aromatic rings. The van der Waals surface area contributed by atoms with E-state index in [0.717, 1.165) is 40.3 Å². The highest BCUT2D eigenvalue weighted by Crippen LogP contribution is 2.53. The van der Waals surface area contributed by atoms with E-state index < -0.39 is 59.2 Å². The molecule has 0 bridgehead atoms. The molecule has 1 N–H and O–H groups in total. The predicted octanol–water partition coefficient (Wildman–Crippen LogP) is 5.00. The third-order valence-electron chi connectivity index (χ3n) is 7.27. The van der Waals surface area contributed by atoms with Crippen molar-refractivity contribution < 1.29 is 31.9 Å². The van der Waals surface area contributed by atoms with Gasteiger partial charge in [0, 0.05) is 11.9 Å². The number of nitrogens with zero attached hydrogens (tertiary/aromatic N) is 2. The number of hydrogen-bond acceptors (Lipinski definition) is 4. The SMILES string of the molecule is O=C(Nc1cccc(C(F)(F)F)c1)[C@@H]1[C@@H]2C(=O)N(c3ccc(F)cc3)C(=O)[C@@H]2[C@H]2c3ccccc3C=CN12. The fourth-order valence-electron chi connectivity index (χ4n) is 5.69. The Morgan fingerprint density at radius 2 is 1.58 bits per heavy atom. The number of halogens is 4. The van der Waals surface area contributed by atoms with E-state index in [4.69, 9.17) is 0 Å². The second-order valence-corrected chi connectivity index (χ2v) is 9.39. The molecule has 0 aromatic heterocycles. The quantitative estimate of drug-likeness (QED) is 0.389. The first kappa shape index (κ1) is 23.9. The molecular formula is C28H19F4N3O3. The van der Waals surface area contributed by atoms with Gasteiger partial charge in [-0.25, -0.2) is 9.29 Å². The number of fused-ring (bicyclic) bond motifs is 5. The topological polar surface area (TPSA) is 69.7 Å². The van der Waals surface area contributed by atoms with Crippen molar-refractivity contribution in [2.45, 2.75) is 18.3 Å². The van der Waals surface area contributed by atoms with Crippen molar-refractivity contribution in [3.63, 3.8) is 0 Å². The molecule has 0 aliphatic carbocycles. The van der Waals surface area contributed by atoms with Gasteiger partial charge in [0.1, 0.15) is 11.9 Å². The Hall–Kier alpha value is -4.47. The molecule has 10 heteroatoms. The molecule has 0 unspecified atom stereocenters. The number of rotatable bonds is 3. The summed E-state index contributed by atoms with van der Waals surface area (Å²) < 4.78 is 53.2. The molecule has 3 heterocycles. The van der Waals surface area contributed by atoms with Crippen molar-refractivity contribution in [2.75, 3.05) is 10.2 Å². The fourth-order valence-corrected chi connectivity index (χ4v) is 5.69. The minimum Gasteiger partial charge on any atom is -0.357 e. The molecule has 3 aliphatic heterocycles. The molecule has 38 heavy (non-hydrogen) atoms. The first-order valence-electron chi connectivity index (χ1n) is 11.8. The van der Waals surface area contributed by atoms with E-state index in [1.165, 1.54) is 24.3 Å². The maximum atomic E-state index is 13.7. The van der Waals surface area contributed by atoms with Crippen molar-refractivity contribution in [3.05, 3.63) is 102 Å². The summed E-state index contributed by atoms with van der Waals surface area (Å²) in [7, 11) is 0. The van der Waals surface area contributed by atoms with Crippen LogP contribution in [0.3, 0.4) is 0 Å². The Labute approximate surface area is 214 Å². The van der Waals surface area contributed by atoms with E-state index in [2.05, 4.69) is 5.32 Å². The molecular weight excluding hydrogens is 502 g/mol. The van der Waals surface area contributed by atoms with E-state index in [1.807, 2.05) is 18.2 Å². The van der Waals surface area contributed by atoms with Crippen LogP contribution in [0, 0.1) is 17.7 Å². The lowest BCUT2D eigenvalue weighted by Gasteiger charge is -2.35. The smallest absolute Gasteiger partial charge is 0.357 e. The fraction of sp³-hybridized carbons (Fsp3) is 0.179. The lowest BCUT2D eigenvalue weighted by molar-refractivity contribution is -0.137. The van der Waals surface area contributed by atoms with Crippen LogP contribution in [-0.2, 0) is 20.6 Å². The lowest BCUT2D eigenvalue weighted by atomic mass is 9.84. The second kappa shape index (κ2) is 8.54. The molecule has 0 spiro atoms. The number of carbonyl (C=O) groups is 3. The van der Waals surface area contributed by atoms with Gasteiger partial charge in [0.15, 0.2) is 0 Å². The van der Waals surface area contributed by atoms with E-state index in [9.17, 15) is 31.9 Å². The van der Waals surface area contributed by atoms with Gasteiger partial charge in [-0.15, -0.1) is 0 Å². The number of nitrogens with one attached hydrogen (secondary N) is 1. The monoisotopic (exact) mass is 521 g/mol. The molecule has 0 saturated carbocycles. The summed E-state index contributed by atoms with van der Waals surface area (Å²) in [5, 5.41) is 2.52.